The normalized spacial score (nSPS) is 20.5. The molecule has 1 saturated heterocycles. The first kappa shape index (κ1) is 15.8. The molecule has 128 valence electrons. The van der Waals surface area contributed by atoms with E-state index in [4.69, 9.17) is 9.15 Å². The summed E-state index contributed by atoms with van der Waals surface area (Å²) in [4.78, 5) is 20.4. The highest BCUT2D eigenvalue weighted by atomic mass is 32.1. The van der Waals surface area contributed by atoms with E-state index < -0.39 is 0 Å². The zero-order valence-electron chi connectivity index (χ0n) is 13.9. The SMILES string of the molecule is Cc1oc(-c2cccs2)nc1CC(=O)N(C[C@H]1CCOC1)C1CC1. The van der Waals surface area contributed by atoms with Crippen LogP contribution in [0.5, 0.6) is 0 Å². The number of oxazole rings is 1. The van der Waals surface area contributed by atoms with Crippen LogP contribution < -0.4 is 0 Å². The van der Waals surface area contributed by atoms with E-state index in [-0.39, 0.29) is 5.91 Å². The summed E-state index contributed by atoms with van der Waals surface area (Å²) in [6.07, 6.45) is 3.63. The van der Waals surface area contributed by atoms with Crippen LogP contribution in [0.15, 0.2) is 21.9 Å². The van der Waals surface area contributed by atoms with Crippen LogP contribution in [0.4, 0.5) is 0 Å². The molecule has 3 heterocycles. The van der Waals surface area contributed by atoms with Crippen LogP contribution in [0.3, 0.4) is 0 Å². The molecule has 2 aliphatic rings. The molecular weight excluding hydrogens is 324 g/mol. The summed E-state index contributed by atoms with van der Waals surface area (Å²) < 4.78 is 11.2. The molecule has 0 aromatic carbocycles. The van der Waals surface area contributed by atoms with Crippen molar-refractivity contribution in [1.82, 2.24) is 9.88 Å². The molecule has 0 radical (unpaired) electrons. The van der Waals surface area contributed by atoms with Crippen molar-refractivity contribution in [3.05, 3.63) is 29.0 Å². The van der Waals surface area contributed by atoms with Gasteiger partial charge in [0.05, 0.1) is 23.6 Å². The zero-order valence-corrected chi connectivity index (χ0v) is 14.7. The van der Waals surface area contributed by atoms with Crippen molar-refractivity contribution in [2.24, 2.45) is 5.92 Å². The summed E-state index contributed by atoms with van der Waals surface area (Å²) >= 11 is 1.59. The maximum Gasteiger partial charge on any atom is 0.236 e. The van der Waals surface area contributed by atoms with Gasteiger partial charge in [-0.1, -0.05) is 6.07 Å². The average molecular weight is 346 g/mol. The second kappa shape index (κ2) is 6.69. The van der Waals surface area contributed by atoms with E-state index in [1.165, 1.54) is 0 Å². The number of thiophene rings is 1. The number of hydrogen-bond acceptors (Lipinski definition) is 5. The standard InChI is InChI=1S/C18H22N2O3S/c1-12-15(19-18(23-12)16-3-2-8-24-16)9-17(21)20(14-4-5-14)10-13-6-7-22-11-13/h2-3,8,13-14H,4-7,9-11H2,1H3/t13-/m1/s1. The number of carbonyl (C=O) groups is 1. The minimum atomic E-state index is 0.165. The molecule has 2 aromatic heterocycles. The maximum absolute atomic E-state index is 12.8. The van der Waals surface area contributed by atoms with Gasteiger partial charge in [0, 0.05) is 25.1 Å². The van der Waals surface area contributed by atoms with Crippen LogP contribution in [0.25, 0.3) is 10.8 Å². The van der Waals surface area contributed by atoms with Crippen LogP contribution in [0.1, 0.15) is 30.7 Å². The second-order valence-electron chi connectivity index (χ2n) is 6.68. The number of aryl methyl sites for hydroxylation is 1. The first-order valence-electron chi connectivity index (χ1n) is 8.58. The van der Waals surface area contributed by atoms with Gasteiger partial charge in [0.15, 0.2) is 0 Å². The monoisotopic (exact) mass is 346 g/mol. The Bertz CT molecular complexity index is 700. The number of hydrogen-bond donors (Lipinski definition) is 0. The van der Waals surface area contributed by atoms with Gasteiger partial charge in [-0.15, -0.1) is 11.3 Å². The molecule has 5 nitrogen and oxygen atoms in total. The summed E-state index contributed by atoms with van der Waals surface area (Å²) in [7, 11) is 0. The molecule has 0 spiro atoms. The Morgan fingerprint density at radius 3 is 2.96 bits per heavy atom. The molecule has 1 aliphatic heterocycles. The average Bonchev–Trinajstić information content (AvgIpc) is 2.97. The Labute approximate surface area is 145 Å². The molecule has 0 unspecified atom stereocenters. The predicted octanol–water partition coefficient (Wildman–Crippen LogP) is 3.28. The van der Waals surface area contributed by atoms with E-state index in [1.54, 1.807) is 11.3 Å². The van der Waals surface area contributed by atoms with Gasteiger partial charge >= 0.3 is 0 Å². The maximum atomic E-state index is 12.8. The van der Waals surface area contributed by atoms with Crippen molar-refractivity contribution in [3.8, 4) is 10.8 Å². The van der Waals surface area contributed by atoms with Gasteiger partial charge in [0.2, 0.25) is 11.8 Å². The van der Waals surface area contributed by atoms with Gasteiger partial charge in [-0.3, -0.25) is 4.79 Å². The fraction of sp³-hybridized carbons (Fsp3) is 0.556. The first-order chi connectivity index (χ1) is 11.7. The molecule has 0 N–H and O–H groups in total. The summed E-state index contributed by atoms with van der Waals surface area (Å²) in [5.41, 5.74) is 0.761. The first-order valence-corrected chi connectivity index (χ1v) is 9.46. The van der Waals surface area contributed by atoms with E-state index in [0.717, 1.165) is 55.4 Å². The Morgan fingerprint density at radius 1 is 1.42 bits per heavy atom. The summed E-state index contributed by atoms with van der Waals surface area (Å²) in [5.74, 6) is 2.01. The zero-order chi connectivity index (χ0) is 16.5. The highest BCUT2D eigenvalue weighted by molar-refractivity contribution is 7.13. The van der Waals surface area contributed by atoms with Crippen molar-refractivity contribution in [1.29, 1.82) is 0 Å². The topological polar surface area (TPSA) is 55.6 Å². The molecule has 1 atom stereocenters. The molecule has 0 bridgehead atoms. The number of rotatable bonds is 6. The van der Waals surface area contributed by atoms with Crippen LogP contribution in [-0.2, 0) is 16.0 Å². The van der Waals surface area contributed by atoms with Crippen molar-refractivity contribution >= 4 is 17.2 Å². The third-order valence-corrected chi connectivity index (χ3v) is 5.59. The number of aromatic nitrogens is 1. The van der Waals surface area contributed by atoms with Crippen molar-refractivity contribution < 1.29 is 13.9 Å². The lowest BCUT2D eigenvalue weighted by molar-refractivity contribution is -0.131. The largest absolute Gasteiger partial charge is 0.440 e. The molecule has 2 fully saturated rings. The van der Waals surface area contributed by atoms with Crippen molar-refractivity contribution in [3.63, 3.8) is 0 Å². The Hall–Kier alpha value is -1.66. The molecule has 1 saturated carbocycles. The van der Waals surface area contributed by atoms with E-state index in [1.807, 2.05) is 24.4 Å². The lowest BCUT2D eigenvalue weighted by Gasteiger charge is -2.25. The highest BCUT2D eigenvalue weighted by Crippen LogP contribution is 2.31. The minimum absolute atomic E-state index is 0.165. The highest BCUT2D eigenvalue weighted by Gasteiger charge is 2.35. The Morgan fingerprint density at radius 2 is 2.29 bits per heavy atom. The van der Waals surface area contributed by atoms with E-state index in [0.29, 0.717) is 24.3 Å². The number of nitrogens with zero attached hydrogens (tertiary/aromatic N) is 2. The Balaban J connectivity index is 1.46. The predicted molar refractivity (Wildman–Crippen MR) is 91.9 cm³/mol. The number of carbonyl (C=O) groups excluding carboxylic acids is 1. The van der Waals surface area contributed by atoms with Gasteiger partial charge in [-0.25, -0.2) is 4.98 Å². The van der Waals surface area contributed by atoms with E-state index in [9.17, 15) is 4.79 Å². The van der Waals surface area contributed by atoms with Crippen LogP contribution in [0, 0.1) is 12.8 Å². The molecule has 6 heteroatoms. The quantitative estimate of drug-likeness (QED) is 0.805. The summed E-state index contributed by atoms with van der Waals surface area (Å²) in [6, 6.07) is 4.38. The molecule has 1 aliphatic carbocycles. The van der Waals surface area contributed by atoms with Crippen molar-refractivity contribution in [2.45, 2.75) is 38.6 Å². The van der Waals surface area contributed by atoms with E-state index >= 15 is 0 Å². The van der Waals surface area contributed by atoms with Crippen LogP contribution in [-0.4, -0.2) is 41.6 Å². The van der Waals surface area contributed by atoms with Crippen LogP contribution in [0.2, 0.25) is 0 Å². The molecule has 4 rings (SSSR count). The summed E-state index contributed by atoms with van der Waals surface area (Å²) in [6.45, 7) is 4.31. The fourth-order valence-electron chi connectivity index (χ4n) is 3.19. The van der Waals surface area contributed by atoms with Gasteiger partial charge in [0.1, 0.15) is 5.76 Å². The second-order valence-corrected chi connectivity index (χ2v) is 7.63. The van der Waals surface area contributed by atoms with Gasteiger partial charge in [-0.2, -0.15) is 0 Å². The Kier molecular flexibility index (Phi) is 4.41. The molecular formula is C18H22N2O3S. The number of ether oxygens (including phenoxy) is 1. The summed E-state index contributed by atoms with van der Waals surface area (Å²) in [5, 5.41) is 2.00. The lowest BCUT2D eigenvalue weighted by atomic mass is 10.1. The third kappa shape index (κ3) is 3.39. The number of amides is 1. The van der Waals surface area contributed by atoms with Crippen LogP contribution >= 0.6 is 11.3 Å². The van der Waals surface area contributed by atoms with Gasteiger partial charge in [-0.05, 0) is 37.6 Å². The third-order valence-electron chi connectivity index (χ3n) is 4.73. The van der Waals surface area contributed by atoms with Gasteiger partial charge in [0.25, 0.3) is 0 Å². The smallest absolute Gasteiger partial charge is 0.236 e. The lowest BCUT2D eigenvalue weighted by Crippen LogP contribution is -2.38. The fourth-order valence-corrected chi connectivity index (χ4v) is 3.84. The molecule has 2 aromatic rings. The van der Waals surface area contributed by atoms with Crippen molar-refractivity contribution in [2.75, 3.05) is 19.8 Å². The minimum Gasteiger partial charge on any atom is -0.440 e. The molecule has 24 heavy (non-hydrogen) atoms. The molecule has 1 amide bonds. The van der Waals surface area contributed by atoms with Gasteiger partial charge < -0.3 is 14.1 Å². The van der Waals surface area contributed by atoms with E-state index in [2.05, 4.69) is 9.88 Å².